The highest BCUT2D eigenvalue weighted by Gasteiger charge is 2.21. The van der Waals surface area contributed by atoms with Crippen LogP contribution in [0, 0.1) is 17.8 Å². The molecule has 21 heavy (non-hydrogen) atoms. The second-order valence-electron chi connectivity index (χ2n) is 5.39. The molecule has 1 aromatic rings. The minimum absolute atomic E-state index is 0.00780. The summed E-state index contributed by atoms with van der Waals surface area (Å²) in [6, 6.07) is 3.49. The fraction of sp³-hybridized carbons (Fsp3) is 0.529. The average molecular weight is 286 g/mol. The van der Waals surface area contributed by atoms with Crippen molar-refractivity contribution in [2.45, 2.75) is 32.6 Å². The van der Waals surface area contributed by atoms with Crippen molar-refractivity contribution in [3.8, 4) is 11.8 Å². The van der Waals surface area contributed by atoms with Gasteiger partial charge >= 0.3 is 0 Å². The second kappa shape index (κ2) is 7.80. The van der Waals surface area contributed by atoms with E-state index in [-0.39, 0.29) is 12.5 Å². The largest absolute Gasteiger partial charge is 0.384 e. The fourth-order valence-electron chi connectivity index (χ4n) is 2.67. The first-order valence-electron chi connectivity index (χ1n) is 7.59. The first-order chi connectivity index (χ1) is 10.2. The van der Waals surface area contributed by atoms with Gasteiger partial charge in [0.15, 0.2) is 0 Å². The van der Waals surface area contributed by atoms with Gasteiger partial charge < -0.3 is 10.0 Å². The quantitative estimate of drug-likeness (QED) is 0.847. The van der Waals surface area contributed by atoms with E-state index in [0.717, 1.165) is 31.8 Å². The molecule has 0 aliphatic carbocycles. The van der Waals surface area contributed by atoms with E-state index in [4.69, 9.17) is 5.11 Å². The molecule has 1 unspecified atom stereocenters. The number of aliphatic hydroxyl groups excluding tert-OH is 1. The van der Waals surface area contributed by atoms with Crippen LogP contribution in [0.4, 0.5) is 0 Å². The Labute approximate surface area is 126 Å². The predicted octanol–water partition coefficient (Wildman–Crippen LogP) is 2.08. The maximum Gasteiger partial charge on any atom is 0.272 e. The third-order valence-corrected chi connectivity index (χ3v) is 4.01. The van der Waals surface area contributed by atoms with E-state index in [0.29, 0.717) is 11.3 Å². The van der Waals surface area contributed by atoms with Crippen molar-refractivity contribution < 1.29 is 9.90 Å². The molecule has 0 radical (unpaired) electrons. The highest BCUT2D eigenvalue weighted by Crippen LogP contribution is 2.21. The average Bonchev–Trinajstić information content (AvgIpc) is 2.78. The van der Waals surface area contributed by atoms with Gasteiger partial charge in [0.2, 0.25) is 0 Å². The van der Waals surface area contributed by atoms with Crippen LogP contribution in [0.1, 0.15) is 48.7 Å². The van der Waals surface area contributed by atoms with Gasteiger partial charge in [-0.15, -0.1) is 0 Å². The fourth-order valence-corrected chi connectivity index (χ4v) is 2.67. The van der Waals surface area contributed by atoms with E-state index in [9.17, 15) is 4.79 Å². The van der Waals surface area contributed by atoms with Crippen LogP contribution in [0.3, 0.4) is 0 Å². The maximum atomic E-state index is 12.5. The molecule has 2 heterocycles. The molecule has 1 saturated heterocycles. The zero-order valence-corrected chi connectivity index (χ0v) is 12.5. The molecular formula is C17H22N2O2. The molecule has 0 saturated carbocycles. The summed E-state index contributed by atoms with van der Waals surface area (Å²) < 4.78 is 0. The Kier molecular flexibility index (Phi) is 5.77. The monoisotopic (exact) mass is 286 g/mol. The van der Waals surface area contributed by atoms with E-state index in [1.807, 2.05) is 4.90 Å². The van der Waals surface area contributed by atoms with Gasteiger partial charge in [0, 0.05) is 24.8 Å². The van der Waals surface area contributed by atoms with Gasteiger partial charge in [-0.1, -0.05) is 25.2 Å². The van der Waals surface area contributed by atoms with E-state index in [1.54, 1.807) is 18.3 Å². The van der Waals surface area contributed by atoms with Crippen LogP contribution in [-0.4, -0.2) is 40.6 Å². The van der Waals surface area contributed by atoms with Crippen molar-refractivity contribution >= 4 is 5.91 Å². The van der Waals surface area contributed by atoms with Crippen molar-refractivity contribution in [1.82, 2.24) is 9.88 Å². The Morgan fingerprint density at radius 3 is 2.95 bits per heavy atom. The van der Waals surface area contributed by atoms with Crippen LogP contribution >= 0.6 is 0 Å². The molecule has 4 nitrogen and oxygen atoms in total. The van der Waals surface area contributed by atoms with Crippen molar-refractivity contribution in [2.24, 2.45) is 5.92 Å². The summed E-state index contributed by atoms with van der Waals surface area (Å²) in [5, 5.41) is 8.65. The van der Waals surface area contributed by atoms with Crippen molar-refractivity contribution in [3.05, 3.63) is 29.6 Å². The number of hydrogen-bond donors (Lipinski definition) is 1. The topological polar surface area (TPSA) is 53.4 Å². The van der Waals surface area contributed by atoms with Gasteiger partial charge in [0.1, 0.15) is 12.3 Å². The molecule has 0 bridgehead atoms. The number of pyridine rings is 1. The Bertz CT molecular complexity index is 528. The molecule has 0 aromatic carbocycles. The lowest BCUT2D eigenvalue weighted by molar-refractivity contribution is 0.0754. The van der Waals surface area contributed by atoms with Crippen molar-refractivity contribution in [3.63, 3.8) is 0 Å². The minimum atomic E-state index is -0.174. The minimum Gasteiger partial charge on any atom is -0.384 e. The lowest BCUT2D eigenvalue weighted by Gasteiger charge is -2.20. The Hall–Kier alpha value is -1.86. The number of amides is 1. The standard InChI is InChI=1S/C17H22N2O2/c1-2-14-5-3-10-19(11-9-14)17(21)16-8-7-15(13-18-16)6-4-12-20/h7-8,13-14,20H,2-3,5,9-12H2,1H3. The summed E-state index contributed by atoms with van der Waals surface area (Å²) in [4.78, 5) is 18.6. The van der Waals surface area contributed by atoms with E-state index in [1.165, 1.54) is 12.8 Å². The molecule has 1 atom stereocenters. The molecule has 112 valence electrons. The van der Waals surface area contributed by atoms with E-state index < -0.39 is 0 Å². The van der Waals surface area contributed by atoms with Gasteiger partial charge in [0.25, 0.3) is 5.91 Å². The summed E-state index contributed by atoms with van der Waals surface area (Å²) in [5.74, 6) is 6.09. The number of likely N-dealkylation sites (tertiary alicyclic amines) is 1. The van der Waals surface area contributed by atoms with Crippen LogP contribution < -0.4 is 0 Å². The van der Waals surface area contributed by atoms with Crippen LogP contribution in [0.25, 0.3) is 0 Å². The van der Waals surface area contributed by atoms with E-state index in [2.05, 4.69) is 23.7 Å². The highest BCUT2D eigenvalue weighted by atomic mass is 16.2. The molecule has 2 rings (SSSR count). The Balaban J connectivity index is 2.02. The third-order valence-electron chi connectivity index (χ3n) is 4.01. The molecule has 1 aliphatic rings. The first kappa shape index (κ1) is 15.5. The number of rotatable bonds is 2. The number of aliphatic hydroxyl groups is 1. The van der Waals surface area contributed by atoms with Crippen molar-refractivity contribution in [1.29, 1.82) is 0 Å². The number of aromatic nitrogens is 1. The van der Waals surface area contributed by atoms with Crippen LogP contribution in [0.2, 0.25) is 0 Å². The summed E-state index contributed by atoms with van der Waals surface area (Å²) in [7, 11) is 0. The SMILES string of the molecule is CCC1CCCN(C(=O)c2ccc(C#CCO)cn2)CC1. The normalized spacial score (nSPS) is 18.6. The van der Waals surface area contributed by atoms with E-state index >= 15 is 0 Å². The zero-order chi connectivity index (χ0) is 15.1. The Morgan fingerprint density at radius 1 is 1.43 bits per heavy atom. The number of carbonyl (C=O) groups is 1. The molecule has 1 aromatic heterocycles. The van der Waals surface area contributed by atoms with Gasteiger partial charge in [-0.05, 0) is 37.3 Å². The van der Waals surface area contributed by atoms with Crippen LogP contribution in [-0.2, 0) is 0 Å². The maximum absolute atomic E-state index is 12.5. The van der Waals surface area contributed by atoms with Gasteiger partial charge in [-0.2, -0.15) is 0 Å². The summed E-state index contributed by atoms with van der Waals surface area (Å²) in [6.45, 7) is 3.69. The first-order valence-corrected chi connectivity index (χ1v) is 7.59. The number of carbonyl (C=O) groups excluding carboxylic acids is 1. The summed E-state index contributed by atoms with van der Waals surface area (Å²) in [6.07, 6.45) is 6.15. The zero-order valence-electron chi connectivity index (χ0n) is 12.5. The lowest BCUT2D eigenvalue weighted by atomic mass is 9.98. The van der Waals surface area contributed by atoms with Crippen molar-refractivity contribution in [2.75, 3.05) is 19.7 Å². The summed E-state index contributed by atoms with van der Waals surface area (Å²) >= 11 is 0. The lowest BCUT2D eigenvalue weighted by Crippen LogP contribution is -2.32. The van der Waals surface area contributed by atoms with Gasteiger partial charge in [-0.25, -0.2) is 4.98 Å². The second-order valence-corrected chi connectivity index (χ2v) is 5.39. The molecule has 1 aliphatic heterocycles. The molecule has 1 fully saturated rings. The Morgan fingerprint density at radius 2 is 2.29 bits per heavy atom. The molecule has 1 amide bonds. The van der Waals surface area contributed by atoms with Gasteiger partial charge in [-0.3, -0.25) is 4.79 Å². The predicted molar refractivity (Wildman–Crippen MR) is 81.7 cm³/mol. The summed E-state index contributed by atoms with van der Waals surface area (Å²) in [5.41, 5.74) is 1.18. The third kappa shape index (κ3) is 4.30. The molecule has 1 N–H and O–H groups in total. The smallest absolute Gasteiger partial charge is 0.272 e. The molecular weight excluding hydrogens is 264 g/mol. The highest BCUT2D eigenvalue weighted by molar-refractivity contribution is 5.92. The van der Waals surface area contributed by atoms with Crippen LogP contribution in [0.5, 0.6) is 0 Å². The van der Waals surface area contributed by atoms with Gasteiger partial charge in [0.05, 0.1) is 0 Å². The van der Waals surface area contributed by atoms with Crippen LogP contribution in [0.15, 0.2) is 18.3 Å². The molecule has 4 heteroatoms. The molecule has 0 spiro atoms. The number of nitrogens with zero attached hydrogens (tertiary/aromatic N) is 2. The number of hydrogen-bond acceptors (Lipinski definition) is 3.